The SMILES string of the molecule is COc1cccc2ccc(Cn3nccc3N)nc12. The van der Waals surface area contributed by atoms with Crippen LogP contribution in [0.1, 0.15) is 5.69 Å². The fourth-order valence-corrected chi connectivity index (χ4v) is 2.04. The fraction of sp³-hybridized carbons (Fsp3) is 0.143. The molecule has 3 rings (SSSR count). The molecule has 2 N–H and O–H groups in total. The van der Waals surface area contributed by atoms with Gasteiger partial charge in [-0.2, -0.15) is 5.10 Å². The summed E-state index contributed by atoms with van der Waals surface area (Å²) in [5.41, 5.74) is 7.56. The van der Waals surface area contributed by atoms with Crippen molar-refractivity contribution < 1.29 is 4.74 Å². The van der Waals surface area contributed by atoms with Gasteiger partial charge in [-0.1, -0.05) is 18.2 Å². The molecule has 0 bridgehead atoms. The number of aromatic nitrogens is 3. The summed E-state index contributed by atoms with van der Waals surface area (Å²) in [6, 6.07) is 11.6. The smallest absolute Gasteiger partial charge is 0.145 e. The molecule has 0 spiro atoms. The van der Waals surface area contributed by atoms with Gasteiger partial charge in [-0.3, -0.25) is 0 Å². The van der Waals surface area contributed by atoms with Gasteiger partial charge in [0.25, 0.3) is 0 Å². The first-order valence-electron chi connectivity index (χ1n) is 5.98. The van der Waals surface area contributed by atoms with Crippen LogP contribution in [0.25, 0.3) is 10.9 Å². The molecule has 0 aliphatic carbocycles. The van der Waals surface area contributed by atoms with Gasteiger partial charge < -0.3 is 10.5 Å². The summed E-state index contributed by atoms with van der Waals surface area (Å²) in [7, 11) is 1.65. The highest BCUT2D eigenvalue weighted by atomic mass is 16.5. The lowest BCUT2D eigenvalue weighted by Gasteiger charge is -2.07. The average molecular weight is 254 g/mol. The Morgan fingerprint density at radius 1 is 1.21 bits per heavy atom. The normalized spacial score (nSPS) is 10.8. The quantitative estimate of drug-likeness (QED) is 0.777. The van der Waals surface area contributed by atoms with Gasteiger partial charge in [-0.05, 0) is 18.2 Å². The summed E-state index contributed by atoms with van der Waals surface area (Å²) in [5, 5.41) is 5.21. The van der Waals surface area contributed by atoms with Crippen LogP contribution in [-0.4, -0.2) is 21.9 Å². The number of ether oxygens (including phenoxy) is 1. The van der Waals surface area contributed by atoms with Gasteiger partial charge in [0.1, 0.15) is 17.1 Å². The van der Waals surface area contributed by atoms with Crippen molar-refractivity contribution in [2.24, 2.45) is 0 Å². The molecular weight excluding hydrogens is 240 g/mol. The largest absolute Gasteiger partial charge is 0.494 e. The van der Waals surface area contributed by atoms with Gasteiger partial charge in [0.05, 0.1) is 25.5 Å². The second kappa shape index (κ2) is 4.61. The van der Waals surface area contributed by atoms with Crippen LogP contribution in [0.15, 0.2) is 42.6 Å². The summed E-state index contributed by atoms with van der Waals surface area (Å²) in [4.78, 5) is 4.62. The number of fused-ring (bicyclic) bond motifs is 1. The molecule has 0 atom stereocenters. The van der Waals surface area contributed by atoms with Crippen LogP contribution in [-0.2, 0) is 6.54 Å². The van der Waals surface area contributed by atoms with E-state index < -0.39 is 0 Å². The second-order valence-electron chi connectivity index (χ2n) is 4.25. The van der Waals surface area contributed by atoms with E-state index in [0.717, 1.165) is 22.3 Å². The van der Waals surface area contributed by atoms with Crippen molar-refractivity contribution in [3.8, 4) is 5.75 Å². The lowest BCUT2D eigenvalue weighted by atomic mass is 10.2. The van der Waals surface area contributed by atoms with E-state index in [4.69, 9.17) is 10.5 Å². The van der Waals surface area contributed by atoms with Crippen molar-refractivity contribution in [1.29, 1.82) is 0 Å². The number of rotatable bonds is 3. The first-order chi connectivity index (χ1) is 9.28. The predicted molar refractivity (Wildman–Crippen MR) is 74.0 cm³/mol. The average Bonchev–Trinajstić information content (AvgIpc) is 2.83. The van der Waals surface area contributed by atoms with Crippen molar-refractivity contribution >= 4 is 16.7 Å². The monoisotopic (exact) mass is 254 g/mol. The van der Waals surface area contributed by atoms with Crippen LogP contribution in [0.3, 0.4) is 0 Å². The number of benzene rings is 1. The Balaban J connectivity index is 2.04. The van der Waals surface area contributed by atoms with Crippen molar-refractivity contribution in [3.05, 3.63) is 48.3 Å². The standard InChI is InChI=1S/C14H14N4O/c1-19-12-4-2-3-10-5-6-11(17-14(10)12)9-18-13(15)7-8-16-18/h2-8H,9,15H2,1H3. The number of anilines is 1. The minimum atomic E-state index is 0.548. The molecule has 19 heavy (non-hydrogen) atoms. The molecule has 96 valence electrons. The molecule has 2 aromatic heterocycles. The van der Waals surface area contributed by atoms with Crippen LogP contribution >= 0.6 is 0 Å². The molecule has 5 heteroatoms. The van der Waals surface area contributed by atoms with Gasteiger partial charge in [0, 0.05) is 5.39 Å². The van der Waals surface area contributed by atoms with Crippen molar-refractivity contribution in [2.45, 2.75) is 6.54 Å². The summed E-state index contributed by atoms with van der Waals surface area (Å²) in [6.07, 6.45) is 1.68. The number of para-hydroxylation sites is 1. The third kappa shape index (κ3) is 2.10. The minimum Gasteiger partial charge on any atom is -0.494 e. The Morgan fingerprint density at radius 2 is 2.11 bits per heavy atom. The Labute approximate surface area is 110 Å². The van der Waals surface area contributed by atoms with Crippen LogP contribution in [0.4, 0.5) is 5.82 Å². The Hall–Kier alpha value is -2.56. The molecular formula is C14H14N4O. The number of hydrogen-bond donors (Lipinski definition) is 1. The van der Waals surface area contributed by atoms with Gasteiger partial charge in [0.15, 0.2) is 0 Å². The number of nitrogens with two attached hydrogens (primary N) is 1. The summed E-state index contributed by atoms with van der Waals surface area (Å²) in [5.74, 6) is 1.40. The summed E-state index contributed by atoms with van der Waals surface area (Å²) < 4.78 is 7.04. The van der Waals surface area contributed by atoms with E-state index in [0.29, 0.717) is 12.4 Å². The first kappa shape index (κ1) is 11.5. The van der Waals surface area contributed by atoms with E-state index in [1.165, 1.54) is 0 Å². The topological polar surface area (TPSA) is 66.0 Å². The molecule has 0 aliphatic heterocycles. The highest BCUT2D eigenvalue weighted by Gasteiger charge is 2.06. The third-order valence-electron chi connectivity index (χ3n) is 3.02. The maximum Gasteiger partial charge on any atom is 0.145 e. The van der Waals surface area contributed by atoms with Crippen LogP contribution < -0.4 is 10.5 Å². The van der Waals surface area contributed by atoms with E-state index in [1.807, 2.05) is 30.3 Å². The van der Waals surface area contributed by atoms with Crippen molar-refractivity contribution in [3.63, 3.8) is 0 Å². The molecule has 1 aromatic carbocycles. The second-order valence-corrected chi connectivity index (χ2v) is 4.25. The molecule has 0 saturated heterocycles. The van der Waals surface area contributed by atoms with Crippen LogP contribution in [0, 0.1) is 0 Å². The molecule has 0 saturated carbocycles. The van der Waals surface area contributed by atoms with Gasteiger partial charge in [0.2, 0.25) is 0 Å². The zero-order valence-corrected chi connectivity index (χ0v) is 10.6. The highest BCUT2D eigenvalue weighted by molar-refractivity contribution is 5.84. The van der Waals surface area contributed by atoms with E-state index >= 15 is 0 Å². The maximum absolute atomic E-state index is 5.81. The van der Waals surface area contributed by atoms with Gasteiger partial charge >= 0.3 is 0 Å². The zero-order valence-electron chi connectivity index (χ0n) is 10.6. The maximum atomic E-state index is 5.81. The molecule has 0 amide bonds. The minimum absolute atomic E-state index is 0.548. The van der Waals surface area contributed by atoms with Gasteiger partial charge in [-0.15, -0.1) is 0 Å². The zero-order chi connectivity index (χ0) is 13.2. The van der Waals surface area contributed by atoms with Crippen LogP contribution in [0.5, 0.6) is 5.75 Å². The molecule has 0 unspecified atom stereocenters. The lowest BCUT2D eigenvalue weighted by Crippen LogP contribution is -2.07. The Bertz CT molecular complexity index is 720. The molecule has 0 radical (unpaired) electrons. The molecule has 2 heterocycles. The fourth-order valence-electron chi connectivity index (χ4n) is 2.04. The van der Waals surface area contributed by atoms with E-state index in [2.05, 4.69) is 10.1 Å². The van der Waals surface area contributed by atoms with Gasteiger partial charge in [-0.25, -0.2) is 9.67 Å². The number of methoxy groups -OCH3 is 1. The van der Waals surface area contributed by atoms with Crippen LogP contribution in [0.2, 0.25) is 0 Å². The lowest BCUT2D eigenvalue weighted by molar-refractivity contribution is 0.418. The number of hydrogen-bond acceptors (Lipinski definition) is 4. The number of nitrogens with zero attached hydrogens (tertiary/aromatic N) is 3. The third-order valence-corrected chi connectivity index (χ3v) is 3.02. The predicted octanol–water partition coefficient (Wildman–Crippen LogP) is 2.07. The van der Waals surface area contributed by atoms with Crippen molar-refractivity contribution in [1.82, 2.24) is 14.8 Å². The summed E-state index contributed by atoms with van der Waals surface area (Å²) in [6.45, 7) is 0.548. The van der Waals surface area contributed by atoms with Crippen molar-refractivity contribution in [2.75, 3.05) is 12.8 Å². The van der Waals surface area contributed by atoms with E-state index in [1.54, 1.807) is 24.1 Å². The number of pyridine rings is 1. The Morgan fingerprint density at radius 3 is 2.84 bits per heavy atom. The Kier molecular flexibility index (Phi) is 2.79. The number of nitrogen functional groups attached to an aromatic ring is 1. The molecule has 3 aromatic rings. The first-order valence-corrected chi connectivity index (χ1v) is 5.98. The molecule has 0 fully saturated rings. The highest BCUT2D eigenvalue weighted by Crippen LogP contribution is 2.23. The molecule has 0 aliphatic rings. The summed E-state index contributed by atoms with van der Waals surface area (Å²) >= 11 is 0. The molecule has 5 nitrogen and oxygen atoms in total. The van der Waals surface area contributed by atoms with E-state index in [-0.39, 0.29) is 0 Å². The van der Waals surface area contributed by atoms with E-state index in [9.17, 15) is 0 Å².